The molecule has 6 aliphatic rings. The lowest BCUT2D eigenvalue weighted by atomic mass is 9.86. The molecule has 0 saturated carbocycles. The van der Waals surface area contributed by atoms with Crippen molar-refractivity contribution in [2.75, 3.05) is 66.9 Å². The summed E-state index contributed by atoms with van der Waals surface area (Å²) in [4.78, 5) is 139. The molecule has 0 radical (unpaired) electrons. The van der Waals surface area contributed by atoms with Crippen LogP contribution in [0.4, 0.5) is 0 Å². The molecule has 14 rings (SSSR count). The number of pyridine rings is 1. The molecule has 12 bridgehead atoms. The van der Waals surface area contributed by atoms with Crippen molar-refractivity contribution in [1.29, 1.82) is 0 Å². The fraction of sp³-hybridized carbons (Fsp3) is 0.422. The highest BCUT2D eigenvalue weighted by Crippen LogP contribution is 2.44. The van der Waals surface area contributed by atoms with Crippen LogP contribution in [0.15, 0.2) is 56.9 Å². The molecule has 100 heavy (non-hydrogen) atoms. The average Bonchev–Trinajstić information content (AvgIpc) is 1.59. The zero-order chi connectivity index (χ0) is 69.8. The van der Waals surface area contributed by atoms with Crippen molar-refractivity contribution < 1.29 is 81.7 Å². The van der Waals surface area contributed by atoms with Gasteiger partial charge in [-0.2, -0.15) is 0 Å². The zero-order valence-electron chi connectivity index (χ0n) is 54.3. The molecule has 7 aromatic heterocycles. The number of methoxy groups -OCH3 is 1. The molecule has 3 saturated heterocycles. The summed E-state index contributed by atoms with van der Waals surface area (Å²) in [5, 5.41) is 45.7. The number of rotatable bonds is 9. The number of aliphatic hydroxyl groups excluding tert-OH is 1. The standard InChI is InChI=1S/C64H66N14O17S5/c1-27(79)43-56(85)75-44(28(2)88-6)59-71-39(25-98-59)55(84)76-48-49-50(95-41-17-64(4)51(29(3)94-41)77(5)26-93-64)63(87)91-18-30-8-7-9-33-42(30)32(19-90-49)46(66-33)62(86)92-20-34(67-53(82)37-24-100-61(48)72-37)58-68-35(21-97-58)45-31(57-69-38(23-96-57)54(83)74-43)16-40(80)47(73-45)60-70-36(22-99-60)52(81)65-10-11-78-12-14-89-15-13-78/h7-9,16,21-25,27,29,34,41,43,48-51,66,79-80H,10-15,17-20,26H2,1-6H3,(H,65,81)(H,67,82)(H,74,83)(H,75,85)(H,76,84)/b44-28+. The van der Waals surface area contributed by atoms with E-state index in [0.29, 0.717) is 49.5 Å². The van der Waals surface area contributed by atoms with Crippen LogP contribution in [0.3, 0.4) is 0 Å². The first kappa shape index (κ1) is 68.5. The van der Waals surface area contributed by atoms with Crippen LogP contribution in [0.1, 0.15) is 125 Å². The maximum atomic E-state index is 15.2. The number of esters is 2. The van der Waals surface area contributed by atoms with Crippen molar-refractivity contribution in [3.63, 3.8) is 0 Å². The van der Waals surface area contributed by atoms with Crippen molar-refractivity contribution in [2.45, 2.75) is 108 Å². The molecule has 10 atom stereocenters. The highest BCUT2D eigenvalue weighted by molar-refractivity contribution is 7.14. The lowest BCUT2D eigenvalue weighted by Gasteiger charge is -2.45. The van der Waals surface area contributed by atoms with Crippen molar-refractivity contribution >= 4 is 115 Å². The Morgan fingerprint density at radius 3 is 2.34 bits per heavy atom. The number of carbonyl (C=O) groups is 7. The second kappa shape index (κ2) is 28.4. The number of hydrogen-bond acceptors (Lipinski definition) is 30. The van der Waals surface area contributed by atoms with E-state index in [1.807, 2.05) is 25.8 Å². The van der Waals surface area contributed by atoms with Gasteiger partial charge >= 0.3 is 11.9 Å². The number of ether oxygens (including phenoxy) is 8. The first-order valence-electron chi connectivity index (χ1n) is 31.7. The van der Waals surface area contributed by atoms with Crippen LogP contribution in [-0.2, 0) is 60.7 Å². The van der Waals surface area contributed by atoms with Gasteiger partial charge in [-0.15, -0.1) is 56.7 Å². The van der Waals surface area contributed by atoms with Crippen LogP contribution in [-0.4, -0.2) is 212 Å². The largest absolute Gasteiger partial charge is 0.506 e. The van der Waals surface area contributed by atoms with Crippen LogP contribution in [0.5, 0.6) is 5.75 Å². The lowest BCUT2D eigenvalue weighted by molar-refractivity contribution is -0.268. The van der Waals surface area contributed by atoms with Crippen molar-refractivity contribution in [3.8, 4) is 38.4 Å². The molecule has 8 N–H and O–H groups in total. The van der Waals surface area contributed by atoms with Crippen molar-refractivity contribution in [2.24, 2.45) is 0 Å². The first-order chi connectivity index (χ1) is 48.2. The van der Waals surface area contributed by atoms with Crippen LogP contribution in [0.2, 0.25) is 0 Å². The third kappa shape index (κ3) is 13.6. The van der Waals surface area contributed by atoms with Gasteiger partial charge in [-0.1, -0.05) is 12.1 Å². The van der Waals surface area contributed by atoms with E-state index >= 15 is 19.2 Å². The minimum absolute atomic E-state index is 0.0257. The van der Waals surface area contributed by atoms with Gasteiger partial charge in [-0.05, 0) is 52.4 Å². The Morgan fingerprint density at radius 2 is 1.55 bits per heavy atom. The predicted octanol–water partition coefficient (Wildman–Crippen LogP) is 4.88. The number of nitrogens with one attached hydrogen (secondary N) is 6. The normalized spacial score (nSPS) is 25.7. The molecule has 0 aliphatic carbocycles. The molecule has 3 fully saturated rings. The van der Waals surface area contributed by atoms with Crippen molar-refractivity contribution in [3.05, 3.63) is 112 Å². The number of aromatic amines is 1. The molecule has 8 aromatic rings. The molecular weight excluding hydrogens is 1400 g/mol. The molecule has 524 valence electrons. The van der Waals surface area contributed by atoms with E-state index in [9.17, 15) is 24.6 Å². The molecule has 31 nitrogen and oxygen atoms in total. The van der Waals surface area contributed by atoms with Gasteiger partial charge in [0, 0.05) is 81.5 Å². The summed E-state index contributed by atoms with van der Waals surface area (Å²) in [6, 6.07) is 1.93. The average molecular weight is 1460 g/mol. The Hall–Kier alpha value is -8.63. The number of likely N-dealkylation sites (N-methyl/N-ethyl adjacent to an activating group) is 1. The van der Waals surface area contributed by atoms with Gasteiger partial charge in [-0.3, -0.25) is 33.8 Å². The predicted molar refractivity (Wildman–Crippen MR) is 361 cm³/mol. The topological polar surface area (TPSA) is 394 Å². The number of benzene rings is 1. The Balaban J connectivity index is 0.904. The summed E-state index contributed by atoms with van der Waals surface area (Å²) in [6.07, 6.45) is -6.42. The van der Waals surface area contributed by atoms with E-state index in [-0.39, 0.29) is 118 Å². The van der Waals surface area contributed by atoms with Gasteiger partial charge < -0.3 is 79.7 Å². The number of cyclic esters (lactones) is 2. The highest BCUT2D eigenvalue weighted by atomic mass is 32.1. The lowest BCUT2D eigenvalue weighted by Crippen LogP contribution is -2.58. The molecular formula is C64H66N14O17S5. The maximum absolute atomic E-state index is 15.2. The summed E-state index contributed by atoms with van der Waals surface area (Å²) < 4.78 is 50.1. The number of morpholine rings is 1. The number of hydrogen-bond donors (Lipinski definition) is 8. The minimum atomic E-state index is -1.77. The van der Waals surface area contributed by atoms with E-state index in [1.54, 1.807) is 23.6 Å². The minimum Gasteiger partial charge on any atom is -0.506 e. The van der Waals surface area contributed by atoms with Gasteiger partial charge in [0.25, 0.3) is 23.6 Å². The number of aliphatic hydroxyl groups is 1. The van der Waals surface area contributed by atoms with Gasteiger partial charge in [0.15, 0.2) is 12.4 Å². The molecule has 13 heterocycles. The summed E-state index contributed by atoms with van der Waals surface area (Å²) in [7, 11) is 3.25. The second-order valence-electron chi connectivity index (χ2n) is 24.6. The van der Waals surface area contributed by atoms with Gasteiger partial charge in [0.1, 0.15) is 125 Å². The van der Waals surface area contributed by atoms with Crippen LogP contribution < -0.4 is 26.6 Å². The molecule has 1 aromatic carbocycles. The number of aromatic nitrogens is 7. The molecule has 36 heteroatoms. The maximum Gasteiger partial charge on any atom is 0.355 e. The van der Waals surface area contributed by atoms with Gasteiger partial charge in [0.05, 0.1) is 57.5 Å². The number of nitrogens with zero attached hydrogens (tertiary/aromatic N) is 8. The number of carbonyl (C=O) groups excluding carboxylic acids is 7. The van der Waals surface area contributed by atoms with E-state index in [1.165, 1.54) is 48.5 Å². The van der Waals surface area contributed by atoms with E-state index < -0.39 is 109 Å². The number of H-pyrrole nitrogens is 1. The van der Waals surface area contributed by atoms with Gasteiger partial charge in [-0.25, -0.2) is 39.5 Å². The van der Waals surface area contributed by atoms with Gasteiger partial charge in [0.2, 0.25) is 5.91 Å². The number of thiazole rings is 5. The van der Waals surface area contributed by atoms with Crippen LogP contribution in [0, 0.1) is 0 Å². The Bertz CT molecular complexity index is 4560. The SMILES string of the molecule is CO/C(C)=C1/NC(=O)C(C(C)O)NC(=O)c2csc(n2)-c2cc(O)c(-c3nc(C(=O)NCCN4CCOCC4)cs3)nc2-c2csc(n2)C2COC(=O)c3[nH]c4cccc5c4c3COC(C(OC3CC4(C)OCN(C)C4C(C)O3)C(=O)OC5)C(NC(=O)c3csc1n3)c1nc(cs1)C(=O)N2. The Morgan fingerprint density at radius 1 is 0.840 bits per heavy atom. The summed E-state index contributed by atoms with van der Waals surface area (Å²) in [5.74, 6) is -6.03. The molecule has 6 aliphatic heterocycles. The number of allylic oxidation sites excluding steroid dienone is 1. The smallest absolute Gasteiger partial charge is 0.355 e. The summed E-state index contributed by atoms with van der Waals surface area (Å²) in [5.41, 5.74) is 0.0699. The number of amides is 5. The quantitative estimate of drug-likeness (QED) is 0.0705. The summed E-state index contributed by atoms with van der Waals surface area (Å²) >= 11 is 4.94. The number of fused-ring (bicyclic) bond motifs is 16. The molecule has 0 spiro atoms. The van der Waals surface area contributed by atoms with E-state index in [0.717, 1.165) is 69.8 Å². The summed E-state index contributed by atoms with van der Waals surface area (Å²) in [6.45, 7) is 9.21. The molecule has 10 unspecified atom stereocenters. The molecule has 5 amide bonds. The fourth-order valence-electron chi connectivity index (χ4n) is 12.9. The van der Waals surface area contributed by atoms with Crippen molar-refractivity contribution in [1.82, 2.24) is 71.3 Å². The third-order valence-electron chi connectivity index (χ3n) is 17.9. The monoisotopic (exact) mass is 1460 g/mol. The van der Waals surface area contributed by atoms with E-state index in [4.69, 9.17) is 52.8 Å². The first-order valence-corrected chi connectivity index (χ1v) is 36.1. The number of aromatic hydroxyl groups is 1. The Kier molecular flexibility index (Phi) is 19.5. The second-order valence-corrected chi connectivity index (χ2v) is 29.0. The Labute approximate surface area is 588 Å². The highest BCUT2D eigenvalue weighted by Gasteiger charge is 2.54. The van der Waals surface area contributed by atoms with Crippen LogP contribution in [0.25, 0.3) is 49.3 Å². The third-order valence-corrected chi connectivity index (χ3v) is 22.4. The zero-order valence-corrected chi connectivity index (χ0v) is 58.4. The van der Waals surface area contributed by atoms with E-state index in [2.05, 4.69) is 51.4 Å². The van der Waals surface area contributed by atoms with Crippen LogP contribution >= 0.6 is 56.7 Å². The fourth-order valence-corrected chi connectivity index (χ4v) is 17.1.